The maximum absolute atomic E-state index is 6.44. The third-order valence-corrected chi connectivity index (χ3v) is 19.9. The highest BCUT2D eigenvalue weighted by atomic mass is 33.5. The minimum absolute atomic E-state index is 0.0182. The molecular formula is C24H52O4P2S4. The van der Waals surface area contributed by atoms with Crippen LogP contribution in [0, 0.1) is 23.7 Å². The van der Waals surface area contributed by atoms with Gasteiger partial charge in [-0.05, 0) is 101 Å². The van der Waals surface area contributed by atoms with E-state index in [1.54, 1.807) is 0 Å². The van der Waals surface area contributed by atoms with Crippen LogP contribution in [0.15, 0.2) is 0 Å². The van der Waals surface area contributed by atoms with E-state index in [1.165, 1.54) is 20.8 Å². The van der Waals surface area contributed by atoms with Crippen LogP contribution in [0.2, 0.25) is 0 Å². The Morgan fingerprint density at radius 3 is 0.765 bits per heavy atom. The third-order valence-electron chi connectivity index (χ3n) is 4.67. The fourth-order valence-electron chi connectivity index (χ4n) is 3.91. The van der Waals surface area contributed by atoms with Gasteiger partial charge in [-0.3, -0.25) is 0 Å². The quantitative estimate of drug-likeness (QED) is 0.108. The lowest BCUT2D eigenvalue weighted by Gasteiger charge is -2.32. The largest absolute Gasteiger partial charge is 0.318 e. The highest BCUT2D eigenvalue weighted by Crippen LogP contribution is 2.78. The molecule has 0 N–H and O–H groups in total. The zero-order chi connectivity index (χ0) is 26.7. The zero-order valence-corrected chi connectivity index (χ0v) is 28.7. The van der Waals surface area contributed by atoms with Crippen molar-refractivity contribution in [3.8, 4) is 0 Å². The van der Waals surface area contributed by atoms with E-state index in [-0.39, 0.29) is 24.4 Å². The van der Waals surface area contributed by atoms with Gasteiger partial charge < -0.3 is 18.1 Å². The molecule has 0 amide bonds. The smallest absolute Gasteiger partial charge is 0.258 e. The van der Waals surface area contributed by atoms with Crippen LogP contribution in [0.3, 0.4) is 0 Å². The monoisotopic (exact) mass is 594 g/mol. The first-order chi connectivity index (χ1) is 15.4. The third kappa shape index (κ3) is 18.2. The van der Waals surface area contributed by atoms with Gasteiger partial charge in [-0.25, -0.2) is 0 Å². The first-order valence-electron chi connectivity index (χ1n) is 12.8. The van der Waals surface area contributed by atoms with Crippen molar-refractivity contribution in [2.24, 2.45) is 23.7 Å². The van der Waals surface area contributed by atoms with Crippen LogP contribution in [0.1, 0.15) is 109 Å². The van der Waals surface area contributed by atoms with Gasteiger partial charge in [-0.2, -0.15) is 0 Å². The molecule has 0 aromatic carbocycles. The van der Waals surface area contributed by atoms with Crippen LogP contribution in [-0.4, -0.2) is 24.4 Å². The highest BCUT2D eigenvalue weighted by Gasteiger charge is 2.34. The summed E-state index contributed by atoms with van der Waals surface area (Å²) in [6.45, 7) is 25.9. The lowest BCUT2D eigenvalue weighted by atomic mass is 10.1. The summed E-state index contributed by atoms with van der Waals surface area (Å²) in [4.78, 5) is 0. The van der Waals surface area contributed by atoms with Gasteiger partial charge in [0.05, 0.1) is 24.4 Å². The molecule has 0 heterocycles. The Morgan fingerprint density at radius 2 is 0.618 bits per heavy atom. The Kier molecular flexibility index (Phi) is 18.4. The van der Waals surface area contributed by atoms with Gasteiger partial charge in [0.15, 0.2) is 0 Å². The fraction of sp³-hybridized carbons (Fsp3) is 1.00. The van der Waals surface area contributed by atoms with Gasteiger partial charge in [-0.15, -0.1) is 0 Å². The molecule has 0 bridgehead atoms. The molecule has 4 unspecified atom stereocenters. The summed E-state index contributed by atoms with van der Waals surface area (Å²) in [5.74, 6) is 2.09. The molecular weight excluding hydrogens is 542 g/mol. The van der Waals surface area contributed by atoms with E-state index in [0.29, 0.717) is 23.7 Å². The summed E-state index contributed by atoms with van der Waals surface area (Å²) in [7, 11) is 2.91. The second-order valence-corrected chi connectivity index (χ2v) is 24.9. The predicted molar refractivity (Wildman–Crippen MR) is 164 cm³/mol. The fourth-order valence-corrected chi connectivity index (χ4v) is 22.4. The summed E-state index contributed by atoms with van der Waals surface area (Å²) in [5, 5.41) is 0. The molecule has 10 heteroatoms. The summed E-state index contributed by atoms with van der Waals surface area (Å²) in [6, 6.07) is 0. The van der Waals surface area contributed by atoms with Crippen LogP contribution in [0.25, 0.3) is 0 Å². The van der Waals surface area contributed by atoms with E-state index < -0.39 is 11.4 Å². The summed E-state index contributed by atoms with van der Waals surface area (Å²) in [6.07, 6.45) is 3.81. The van der Waals surface area contributed by atoms with Gasteiger partial charge in [-0.1, -0.05) is 55.4 Å². The zero-order valence-electron chi connectivity index (χ0n) is 23.6. The van der Waals surface area contributed by atoms with Crippen molar-refractivity contribution in [2.75, 3.05) is 0 Å². The average molecular weight is 595 g/mol. The van der Waals surface area contributed by atoms with Gasteiger partial charge in [0.1, 0.15) is 0 Å². The first kappa shape index (κ1) is 35.8. The summed E-state index contributed by atoms with van der Waals surface area (Å²) < 4.78 is 25.8. The molecule has 4 nitrogen and oxygen atoms in total. The second kappa shape index (κ2) is 17.4. The van der Waals surface area contributed by atoms with Crippen molar-refractivity contribution in [3.05, 3.63) is 0 Å². The lowest BCUT2D eigenvalue weighted by molar-refractivity contribution is 0.142. The maximum Gasteiger partial charge on any atom is 0.258 e. The second-order valence-electron chi connectivity index (χ2n) is 11.2. The van der Waals surface area contributed by atoms with Crippen molar-refractivity contribution < 1.29 is 18.1 Å². The maximum atomic E-state index is 6.44. The Balaban J connectivity index is 5.68. The van der Waals surface area contributed by atoms with Gasteiger partial charge in [0, 0.05) is 20.8 Å². The van der Waals surface area contributed by atoms with Crippen molar-refractivity contribution in [2.45, 2.75) is 133 Å². The van der Waals surface area contributed by atoms with Crippen molar-refractivity contribution in [1.29, 1.82) is 0 Å². The van der Waals surface area contributed by atoms with Crippen LogP contribution in [0.5, 0.6) is 0 Å². The molecule has 0 spiro atoms. The van der Waals surface area contributed by atoms with E-state index in [9.17, 15) is 0 Å². The van der Waals surface area contributed by atoms with Crippen LogP contribution >= 0.6 is 32.2 Å². The standard InChI is InChI=1S/C24H52O4P2S4/c1-17(2)13-21(9)25-29(31,26-22(10)14-18(3)4)33-34-30(32,27-23(11)15-19(5)6)28-24(12)16-20(7)8/h17-24H,13-16H2,1-12H3. The van der Waals surface area contributed by atoms with Gasteiger partial charge >= 0.3 is 0 Å². The molecule has 0 aromatic heterocycles. The van der Waals surface area contributed by atoms with E-state index in [0.717, 1.165) is 25.7 Å². The van der Waals surface area contributed by atoms with Crippen LogP contribution in [0.4, 0.5) is 0 Å². The molecule has 0 saturated carbocycles. The predicted octanol–water partition coefficient (Wildman–Crippen LogP) is 10.6. The van der Waals surface area contributed by atoms with Gasteiger partial charge in [0.2, 0.25) is 0 Å². The first-order valence-corrected chi connectivity index (χ1v) is 21.4. The SMILES string of the molecule is CC(C)CC(C)OP(=S)(OC(C)CC(C)C)SSP(=S)(OC(C)CC(C)C)OC(C)CC(C)C. The van der Waals surface area contributed by atoms with E-state index in [4.69, 9.17) is 41.7 Å². The van der Waals surface area contributed by atoms with Crippen molar-refractivity contribution >= 4 is 55.8 Å². The van der Waals surface area contributed by atoms with Crippen molar-refractivity contribution in [3.63, 3.8) is 0 Å². The van der Waals surface area contributed by atoms with E-state index in [2.05, 4.69) is 83.1 Å². The number of hydrogen-bond donors (Lipinski definition) is 0. The molecule has 4 atom stereocenters. The Hall–Kier alpha value is 1.84. The van der Waals surface area contributed by atoms with E-state index in [1.807, 2.05) is 0 Å². The number of rotatable bonds is 19. The number of hydrogen-bond acceptors (Lipinski definition) is 8. The Morgan fingerprint density at radius 1 is 0.441 bits per heavy atom. The minimum Gasteiger partial charge on any atom is -0.318 e. The normalized spacial score (nSPS) is 19.9. The average Bonchev–Trinajstić information content (AvgIpc) is 2.56. The molecule has 0 rings (SSSR count). The molecule has 0 saturated heterocycles. The van der Waals surface area contributed by atoms with Crippen LogP contribution < -0.4 is 0 Å². The molecule has 0 aliphatic carbocycles. The Bertz CT molecular complexity index is 548. The van der Waals surface area contributed by atoms with Gasteiger partial charge in [0.25, 0.3) is 11.4 Å². The molecule has 0 aromatic rings. The summed E-state index contributed by atoms with van der Waals surface area (Å²) in [5.41, 5.74) is -5.34. The minimum atomic E-state index is -2.67. The van der Waals surface area contributed by atoms with E-state index >= 15 is 0 Å². The molecule has 0 fully saturated rings. The Labute approximate surface area is 229 Å². The molecule has 34 heavy (non-hydrogen) atoms. The lowest BCUT2D eigenvalue weighted by Crippen LogP contribution is -2.15. The molecule has 206 valence electrons. The molecule has 0 aliphatic heterocycles. The highest BCUT2D eigenvalue weighted by molar-refractivity contribution is 9.17. The van der Waals surface area contributed by atoms with Crippen LogP contribution in [-0.2, 0) is 41.7 Å². The molecule has 0 radical (unpaired) electrons. The topological polar surface area (TPSA) is 36.9 Å². The van der Waals surface area contributed by atoms with Crippen molar-refractivity contribution in [1.82, 2.24) is 0 Å². The summed E-state index contributed by atoms with van der Waals surface area (Å²) >= 11 is 12.1. The molecule has 0 aliphatic rings.